The lowest BCUT2D eigenvalue weighted by molar-refractivity contribution is -0.376. The van der Waals surface area contributed by atoms with Crippen LogP contribution in [0.4, 0.5) is 30.7 Å². The summed E-state index contributed by atoms with van der Waals surface area (Å²) < 4.78 is 118. The molecule has 1 aliphatic carbocycles. The first-order valence-corrected chi connectivity index (χ1v) is 11.6. The topological polar surface area (TPSA) is 80.4 Å². The molecule has 1 fully saturated rings. The van der Waals surface area contributed by atoms with Crippen LogP contribution < -0.4 is 5.73 Å². The number of benzene rings is 2. The predicted molar refractivity (Wildman–Crippen MR) is 109 cm³/mol. The molecule has 0 radical (unpaired) electrons. The van der Waals surface area contributed by atoms with Gasteiger partial charge in [0.25, 0.3) is 5.60 Å². The number of alkyl halides is 6. The van der Waals surface area contributed by atoms with Gasteiger partial charge in [-0.3, -0.25) is 0 Å². The number of nitrogens with two attached hydrogens (primary N) is 1. The molecule has 0 aliphatic heterocycles. The third-order valence-corrected chi connectivity index (χ3v) is 9.05. The zero-order valence-electron chi connectivity index (χ0n) is 17.8. The summed E-state index contributed by atoms with van der Waals surface area (Å²) in [5.41, 5.74) is -1.28. The van der Waals surface area contributed by atoms with E-state index in [0.29, 0.717) is 12.1 Å². The Hall–Kier alpha value is -2.18. The number of halogens is 7. The van der Waals surface area contributed by atoms with Crippen LogP contribution in [0.2, 0.25) is 0 Å². The van der Waals surface area contributed by atoms with Gasteiger partial charge in [-0.15, -0.1) is 0 Å². The summed E-state index contributed by atoms with van der Waals surface area (Å²) in [5.74, 6) is -0.686. The van der Waals surface area contributed by atoms with E-state index >= 15 is 0 Å². The molecule has 3 rings (SSSR count). The second-order valence-electron chi connectivity index (χ2n) is 8.89. The molecular formula is C22H22F7NO3S. The summed E-state index contributed by atoms with van der Waals surface area (Å²) in [4.78, 5) is -0.249. The standard InChI is InChI=1S/C22H22F7NO3S/c1-18(30)10-12-19(13-11-18,34(32,33)17-8-6-16(23)7-9-17)14-2-4-15(5-3-14)20(31,21(24,25)26)22(27,28)29/h2-9,31H,10-13,30H2,1H3. The maximum absolute atomic E-state index is 13.7. The van der Waals surface area contributed by atoms with Gasteiger partial charge in [0.05, 0.1) is 4.90 Å². The van der Waals surface area contributed by atoms with Gasteiger partial charge in [-0.05, 0) is 62.4 Å². The molecule has 2 aromatic carbocycles. The molecule has 12 heteroatoms. The molecule has 2 aromatic rings. The van der Waals surface area contributed by atoms with Crippen molar-refractivity contribution in [1.82, 2.24) is 0 Å². The van der Waals surface area contributed by atoms with Gasteiger partial charge in [-0.25, -0.2) is 12.8 Å². The number of hydrogen-bond acceptors (Lipinski definition) is 4. The van der Waals surface area contributed by atoms with Crippen LogP contribution >= 0.6 is 0 Å². The Morgan fingerprint density at radius 2 is 1.26 bits per heavy atom. The van der Waals surface area contributed by atoms with Gasteiger partial charge < -0.3 is 10.8 Å². The van der Waals surface area contributed by atoms with Gasteiger partial charge >= 0.3 is 12.4 Å². The van der Waals surface area contributed by atoms with Crippen molar-refractivity contribution in [3.05, 3.63) is 65.5 Å². The molecule has 1 saturated carbocycles. The van der Waals surface area contributed by atoms with E-state index in [1.54, 1.807) is 6.92 Å². The van der Waals surface area contributed by atoms with Crippen molar-refractivity contribution < 1.29 is 44.3 Å². The van der Waals surface area contributed by atoms with Crippen molar-refractivity contribution in [1.29, 1.82) is 0 Å². The fraction of sp³-hybridized carbons (Fsp3) is 0.455. The lowest BCUT2D eigenvalue weighted by Crippen LogP contribution is -2.54. The average molecular weight is 513 g/mol. The van der Waals surface area contributed by atoms with Gasteiger partial charge in [0, 0.05) is 11.1 Å². The van der Waals surface area contributed by atoms with Crippen molar-refractivity contribution in [3.63, 3.8) is 0 Å². The normalized spacial score (nSPS) is 24.8. The van der Waals surface area contributed by atoms with E-state index < -0.39 is 49.5 Å². The van der Waals surface area contributed by atoms with Crippen LogP contribution in [-0.4, -0.2) is 31.4 Å². The maximum Gasteiger partial charge on any atom is 0.430 e. The zero-order chi connectivity index (χ0) is 25.8. The van der Waals surface area contributed by atoms with Crippen molar-refractivity contribution in [2.45, 2.75) is 65.7 Å². The summed E-state index contributed by atoms with van der Waals surface area (Å²) in [6, 6.07) is 6.50. The van der Waals surface area contributed by atoms with Gasteiger partial charge in [-0.1, -0.05) is 24.3 Å². The molecule has 1 aliphatic rings. The SMILES string of the molecule is CC1(N)CCC(c2ccc(C(O)(C(F)(F)F)C(F)(F)F)cc2)(S(=O)(=O)c2ccc(F)cc2)CC1. The first-order valence-electron chi connectivity index (χ1n) is 10.1. The molecule has 0 spiro atoms. The lowest BCUT2D eigenvalue weighted by atomic mass is 9.74. The van der Waals surface area contributed by atoms with Crippen molar-refractivity contribution in [2.24, 2.45) is 5.73 Å². The third-order valence-electron chi connectivity index (χ3n) is 6.49. The Morgan fingerprint density at radius 3 is 1.68 bits per heavy atom. The highest BCUT2D eigenvalue weighted by Gasteiger charge is 2.71. The molecule has 0 aromatic heterocycles. The van der Waals surface area contributed by atoms with E-state index in [-0.39, 0.29) is 36.1 Å². The molecule has 188 valence electrons. The quantitative estimate of drug-likeness (QED) is 0.441. The molecular weight excluding hydrogens is 491 g/mol. The molecule has 0 saturated heterocycles. The van der Waals surface area contributed by atoms with Crippen molar-refractivity contribution >= 4 is 9.84 Å². The van der Waals surface area contributed by atoms with Crippen LogP contribution in [0.3, 0.4) is 0 Å². The minimum atomic E-state index is -6.07. The fourth-order valence-corrected chi connectivity index (χ4v) is 6.41. The van der Waals surface area contributed by atoms with E-state index in [2.05, 4.69) is 0 Å². The highest BCUT2D eigenvalue weighted by molar-refractivity contribution is 7.92. The molecule has 0 amide bonds. The minimum Gasteiger partial charge on any atom is -0.369 e. The summed E-state index contributed by atoms with van der Waals surface area (Å²) in [6.45, 7) is 1.71. The fourth-order valence-electron chi connectivity index (χ4n) is 4.28. The Labute approximate surface area is 191 Å². The zero-order valence-corrected chi connectivity index (χ0v) is 18.7. The monoisotopic (exact) mass is 513 g/mol. The second-order valence-corrected chi connectivity index (χ2v) is 11.1. The highest BCUT2D eigenvalue weighted by atomic mass is 32.2. The largest absolute Gasteiger partial charge is 0.430 e. The van der Waals surface area contributed by atoms with E-state index in [1.807, 2.05) is 0 Å². The van der Waals surface area contributed by atoms with Gasteiger partial charge in [0.2, 0.25) is 0 Å². The van der Waals surface area contributed by atoms with E-state index in [0.717, 1.165) is 36.4 Å². The smallest absolute Gasteiger partial charge is 0.369 e. The van der Waals surface area contributed by atoms with Crippen LogP contribution in [0.25, 0.3) is 0 Å². The number of aliphatic hydroxyl groups is 1. The van der Waals surface area contributed by atoms with Gasteiger partial charge in [0.1, 0.15) is 10.6 Å². The first kappa shape index (κ1) is 26.4. The lowest BCUT2D eigenvalue weighted by Gasteiger charge is -2.43. The second kappa shape index (κ2) is 8.20. The Balaban J connectivity index is 2.17. The number of rotatable bonds is 4. The van der Waals surface area contributed by atoms with Gasteiger partial charge in [0.15, 0.2) is 9.84 Å². The van der Waals surface area contributed by atoms with E-state index in [4.69, 9.17) is 5.73 Å². The molecule has 4 nitrogen and oxygen atoms in total. The third kappa shape index (κ3) is 4.20. The van der Waals surface area contributed by atoms with Crippen LogP contribution in [0.15, 0.2) is 53.4 Å². The predicted octanol–water partition coefficient (Wildman–Crippen LogP) is 5.10. The molecule has 0 heterocycles. The summed E-state index contributed by atoms with van der Waals surface area (Å²) in [5, 5.41) is 9.63. The molecule has 34 heavy (non-hydrogen) atoms. The van der Waals surface area contributed by atoms with Crippen LogP contribution in [0.5, 0.6) is 0 Å². The van der Waals surface area contributed by atoms with Crippen molar-refractivity contribution in [3.8, 4) is 0 Å². The average Bonchev–Trinajstić information content (AvgIpc) is 2.72. The molecule has 0 unspecified atom stereocenters. The summed E-state index contributed by atoms with van der Waals surface area (Å²) in [6.07, 6.45) is -11.9. The summed E-state index contributed by atoms with van der Waals surface area (Å²) >= 11 is 0. The summed E-state index contributed by atoms with van der Waals surface area (Å²) in [7, 11) is -4.28. The Kier molecular flexibility index (Phi) is 6.37. The van der Waals surface area contributed by atoms with Crippen LogP contribution in [0.1, 0.15) is 43.7 Å². The molecule has 0 bridgehead atoms. The molecule has 0 atom stereocenters. The number of sulfone groups is 1. The highest BCUT2D eigenvalue weighted by Crippen LogP contribution is 2.52. The molecule has 3 N–H and O–H groups in total. The Bertz CT molecular complexity index is 1120. The van der Waals surface area contributed by atoms with Crippen LogP contribution in [0, 0.1) is 5.82 Å². The van der Waals surface area contributed by atoms with E-state index in [1.165, 1.54) is 0 Å². The number of hydrogen-bond donors (Lipinski definition) is 2. The van der Waals surface area contributed by atoms with Crippen molar-refractivity contribution in [2.75, 3.05) is 0 Å². The Morgan fingerprint density at radius 1 is 0.824 bits per heavy atom. The maximum atomic E-state index is 13.7. The van der Waals surface area contributed by atoms with E-state index in [9.17, 15) is 44.3 Å². The minimum absolute atomic E-state index is 0.0530. The van der Waals surface area contributed by atoms with Crippen LogP contribution in [-0.2, 0) is 20.2 Å². The van der Waals surface area contributed by atoms with Gasteiger partial charge in [-0.2, -0.15) is 26.3 Å². The first-order chi connectivity index (χ1) is 15.4.